The third-order valence-electron chi connectivity index (χ3n) is 2.03. The molecule has 2 N–H and O–H groups in total. The number of carbonyl (C=O) groups is 2. The molecule has 0 aliphatic heterocycles. The molecule has 0 aliphatic rings. The maximum atomic E-state index is 11.5. The van der Waals surface area contributed by atoms with Crippen LogP contribution in [0.25, 0.3) is 0 Å². The molecule has 1 atom stereocenters. The largest absolute Gasteiger partial charge is 0.480 e. The van der Waals surface area contributed by atoms with Crippen LogP contribution >= 0.6 is 11.5 Å². The van der Waals surface area contributed by atoms with Gasteiger partial charge in [-0.1, -0.05) is 24.3 Å². The first-order valence-electron chi connectivity index (χ1n) is 4.96. The Morgan fingerprint density at radius 1 is 1.62 bits per heavy atom. The van der Waals surface area contributed by atoms with Gasteiger partial charge in [0.1, 0.15) is 10.9 Å². The van der Waals surface area contributed by atoms with Crippen molar-refractivity contribution in [2.75, 3.05) is 0 Å². The minimum atomic E-state index is -1.01. The van der Waals surface area contributed by atoms with Gasteiger partial charge < -0.3 is 10.4 Å². The summed E-state index contributed by atoms with van der Waals surface area (Å²) in [7, 11) is 0. The lowest BCUT2D eigenvalue weighted by molar-refractivity contribution is -0.139. The lowest BCUT2D eigenvalue weighted by Crippen LogP contribution is -2.40. The van der Waals surface area contributed by atoms with E-state index in [9.17, 15) is 9.59 Å². The lowest BCUT2D eigenvalue weighted by atomic mass is 10.1. The predicted octanol–water partition coefficient (Wildman–Crippen LogP) is 0.911. The molecule has 0 saturated heterocycles. The number of hydrogen-bond donors (Lipinski definition) is 2. The number of nitrogens with one attached hydrogen (secondary N) is 1. The van der Waals surface area contributed by atoms with E-state index in [1.165, 1.54) is 6.20 Å². The Hall–Kier alpha value is -1.50. The Bertz CT molecular complexity index is 353. The number of aliphatic carboxylic acids is 1. The standard InChI is InChI=1S/C9H13N3O3S/c1-2-3-4-6(9(14)15)11-8(13)7-5-10-12-16-7/h5-6H,2-4H2,1H3,(H,11,13)(H,14,15)/t6-/m0/s1. The zero-order valence-electron chi connectivity index (χ0n) is 8.84. The highest BCUT2D eigenvalue weighted by molar-refractivity contribution is 7.07. The van der Waals surface area contributed by atoms with E-state index in [1.807, 2.05) is 6.92 Å². The summed E-state index contributed by atoms with van der Waals surface area (Å²) in [5.41, 5.74) is 0. The molecule has 1 amide bonds. The van der Waals surface area contributed by atoms with Crippen LogP contribution in [-0.4, -0.2) is 32.6 Å². The molecule has 0 spiro atoms. The van der Waals surface area contributed by atoms with Crippen molar-refractivity contribution in [2.45, 2.75) is 32.2 Å². The van der Waals surface area contributed by atoms with E-state index in [4.69, 9.17) is 5.11 Å². The van der Waals surface area contributed by atoms with Gasteiger partial charge in [0.2, 0.25) is 0 Å². The molecule has 0 aromatic carbocycles. The summed E-state index contributed by atoms with van der Waals surface area (Å²) >= 11 is 0.942. The van der Waals surface area contributed by atoms with E-state index in [1.54, 1.807) is 0 Å². The van der Waals surface area contributed by atoms with Gasteiger partial charge in [0, 0.05) is 0 Å². The van der Waals surface area contributed by atoms with Crippen molar-refractivity contribution in [3.63, 3.8) is 0 Å². The van der Waals surface area contributed by atoms with Gasteiger partial charge in [-0.05, 0) is 18.0 Å². The van der Waals surface area contributed by atoms with Crippen molar-refractivity contribution < 1.29 is 14.7 Å². The number of amides is 1. The van der Waals surface area contributed by atoms with Crippen LogP contribution < -0.4 is 5.32 Å². The molecular formula is C9H13N3O3S. The second-order valence-corrected chi connectivity index (χ2v) is 4.07. The highest BCUT2D eigenvalue weighted by Gasteiger charge is 2.20. The van der Waals surface area contributed by atoms with Gasteiger partial charge in [-0.2, -0.15) is 0 Å². The van der Waals surface area contributed by atoms with Crippen LogP contribution in [0.2, 0.25) is 0 Å². The molecule has 88 valence electrons. The Balaban J connectivity index is 2.54. The average Bonchev–Trinajstić information content (AvgIpc) is 2.76. The summed E-state index contributed by atoms with van der Waals surface area (Å²) in [6.07, 6.45) is 3.41. The maximum absolute atomic E-state index is 11.5. The second-order valence-electron chi connectivity index (χ2n) is 3.29. The average molecular weight is 243 g/mol. The fraction of sp³-hybridized carbons (Fsp3) is 0.556. The summed E-state index contributed by atoms with van der Waals surface area (Å²) < 4.78 is 3.54. The Morgan fingerprint density at radius 2 is 2.38 bits per heavy atom. The third-order valence-corrected chi connectivity index (χ3v) is 2.70. The Morgan fingerprint density at radius 3 is 2.88 bits per heavy atom. The minimum Gasteiger partial charge on any atom is -0.480 e. The first-order valence-corrected chi connectivity index (χ1v) is 5.73. The van der Waals surface area contributed by atoms with E-state index < -0.39 is 17.9 Å². The van der Waals surface area contributed by atoms with E-state index in [0.29, 0.717) is 11.3 Å². The smallest absolute Gasteiger partial charge is 0.326 e. The highest BCUT2D eigenvalue weighted by Crippen LogP contribution is 2.05. The number of carboxylic acids is 1. The predicted molar refractivity (Wildman–Crippen MR) is 58.3 cm³/mol. The zero-order chi connectivity index (χ0) is 12.0. The SMILES string of the molecule is CCCC[C@H](NC(=O)c1cnns1)C(=O)O. The summed E-state index contributed by atoms with van der Waals surface area (Å²) in [6, 6.07) is -0.838. The van der Waals surface area contributed by atoms with Gasteiger partial charge >= 0.3 is 5.97 Å². The summed E-state index contributed by atoms with van der Waals surface area (Å²) in [5, 5.41) is 14.9. The molecule has 7 heteroatoms. The molecule has 0 fully saturated rings. The van der Waals surface area contributed by atoms with Crippen LogP contribution in [0.5, 0.6) is 0 Å². The van der Waals surface area contributed by atoms with Crippen molar-refractivity contribution in [1.82, 2.24) is 14.9 Å². The van der Waals surface area contributed by atoms with Crippen LogP contribution in [0, 0.1) is 0 Å². The third kappa shape index (κ3) is 3.58. The number of rotatable bonds is 6. The lowest BCUT2D eigenvalue weighted by Gasteiger charge is -2.12. The molecule has 1 aromatic heterocycles. The van der Waals surface area contributed by atoms with Gasteiger partial charge in [0.25, 0.3) is 5.91 Å². The van der Waals surface area contributed by atoms with Gasteiger partial charge in [-0.3, -0.25) is 4.79 Å². The Labute approximate surface area is 96.8 Å². The van der Waals surface area contributed by atoms with E-state index >= 15 is 0 Å². The first kappa shape index (κ1) is 12.6. The molecule has 0 saturated carbocycles. The molecule has 0 bridgehead atoms. The highest BCUT2D eigenvalue weighted by atomic mass is 32.1. The molecule has 1 heterocycles. The second kappa shape index (κ2) is 6.16. The fourth-order valence-electron chi connectivity index (χ4n) is 1.16. The number of carbonyl (C=O) groups excluding carboxylic acids is 1. The Kier molecular flexibility index (Phi) is 4.84. The molecule has 0 radical (unpaired) electrons. The molecule has 1 aromatic rings. The van der Waals surface area contributed by atoms with Gasteiger partial charge in [0.05, 0.1) is 6.20 Å². The number of carboxylic acid groups (broad SMARTS) is 1. The number of aromatic nitrogens is 2. The van der Waals surface area contributed by atoms with Crippen molar-refractivity contribution in [3.05, 3.63) is 11.1 Å². The minimum absolute atomic E-state index is 0.322. The van der Waals surface area contributed by atoms with Gasteiger partial charge in [-0.25, -0.2) is 4.79 Å². The monoisotopic (exact) mass is 243 g/mol. The van der Waals surface area contributed by atoms with Crippen LogP contribution in [0.4, 0.5) is 0 Å². The maximum Gasteiger partial charge on any atom is 0.326 e. The van der Waals surface area contributed by atoms with Crippen molar-refractivity contribution in [3.8, 4) is 0 Å². The number of hydrogen-bond acceptors (Lipinski definition) is 5. The van der Waals surface area contributed by atoms with Crippen LogP contribution in [0.3, 0.4) is 0 Å². The van der Waals surface area contributed by atoms with Gasteiger partial charge in [0.15, 0.2) is 0 Å². The first-order chi connectivity index (χ1) is 7.65. The van der Waals surface area contributed by atoms with Gasteiger partial charge in [-0.15, -0.1) is 5.10 Å². The molecule has 1 rings (SSSR count). The fourth-order valence-corrected chi connectivity index (χ4v) is 1.58. The van der Waals surface area contributed by atoms with E-state index in [2.05, 4.69) is 14.9 Å². The van der Waals surface area contributed by atoms with Crippen molar-refractivity contribution in [1.29, 1.82) is 0 Å². The van der Waals surface area contributed by atoms with Crippen molar-refractivity contribution >= 4 is 23.4 Å². The van der Waals surface area contributed by atoms with Crippen LogP contribution in [-0.2, 0) is 4.79 Å². The van der Waals surface area contributed by atoms with E-state index in [-0.39, 0.29) is 0 Å². The van der Waals surface area contributed by atoms with Crippen LogP contribution in [0.15, 0.2) is 6.20 Å². The normalized spacial score (nSPS) is 12.1. The molecule has 16 heavy (non-hydrogen) atoms. The quantitative estimate of drug-likeness (QED) is 0.774. The number of nitrogens with zero attached hydrogens (tertiary/aromatic N) is 2. The molecule has 6 nitrogen and oxygen atoms in total. The summed E-state index contributed by atoms with van der Waals surface area (Å²) in [6.45, 7) is 1.97. The van der Waals surface area contributed by atoms with Crippen molar-refractivity contribution in [2.24, 2.45) is 0 Å². The molecule has 0 aliphatic carbocycles. The summed E-state index contributed by atoms with van der Waals surface area (Å²) in [5.74, 6) is -1.45. The number of unbranched alkanes of at least 4 members (excludes halogenated alkanes) is 1. The summed E-state index contributed by atoms with van der Waals surface area (Å²) in [4.78, 5) is 22.7. The topological polar surface area (TPSA) is 92.2 Å². The van der Waals surface area contributed by atoms with Crippen LogP contribution in [0.1, 0.15) is 35.9 Å². The van der Waals surface area contributed by atoms with E-state index in [0.717, 1.165) is 24.4 Å². The molecule has 0 unspecified atom stereocenters. The molecular weight excluding hydrogens is 230 g/mol. The zero-order valence-corrected chi connectivity index (χ0v) is 9.66.